The van der Waals surface area contributed by atoms with Gasteiger partial charge in [0.05, 0.1) is 5.52 Å². The molecule has 2 heteroatoms. The van der Waals surface area contributed by atoms with Gasteiger partial charge in [-0.3, -0.25) is 4.98 Å². The van der Waals surface area contributed by atoms with Crippen LogP contribution < -0.4 is 0 Å². The molecule has 0 N–H and O–H groups in total. The van der Waals surface area contributed by atoms with Crippen LogP contribution in [0.15, 0.2) is 22.8 Å². The second-order valence-electron chi connectivity index (χ2n) is 3.71. The molecule has 1 heterocycles. The lowest BCUT2D eigenvalue weighted by molar-refractivity contribution is 1.27. The van der Waals surface area contributed by atoms with Crippen LogP contribution in [0, 0.1) is 20.8 Å². The molecule has 0 saturated carbocycles. The molecule has 0 spiro atoms. The Morgan fingerprint density at radius 3 is 2.57 bits per heavy atom. The number of benzene rings is 1. The molecule has 0 aliphatic carbocycles. The number of pyridine rings is 1. The lowest BCUT2D eigenvalue weighted by Crippen LogP contribution is -1.89. The molecule has 0 aliphatic rings. The second-order valence-corrected chi connectivity index (χ2v) is 4.56. The van der Waals surface area contributed by atoms with Crippen molar-refractivity contribution >= 4 is 26.8 Å². The third kappa shape index (κ3) is 1.44. The first-order valence-electron chi connectivity index (χ1n) is 4.61. The van der Waals surface area contributed by atoms with Gasteiger partial charge in [-0.15, -0.1) is 0 Å². The fourth-order valence-electron chi connectivity index (χ4n) is 1.62. The van der Waals surface area contributed by atoms with E-state index in [1.807, 2.05) is 6.20 Å². The molecular formula is C12H12BrN. The van der Waals surface area contributed by atoms with Gasteiger partial charge in [-0.25, -0.2) is 0 Å². The molecule has 72 valence electrons. The Kier molecular flexibility index (Phi) is 2.31. The molecule has 0 fully saturated rings. The van der Waals surface area contributed by atoms with Crippen LogP contribution in [0.2, 0.25) is 0 Å². The third-order valence-electron chi connectivity index (χ3n) is 2.59. The van der Waals surface area contributed by atoms with E-state index in [1.165, 1.54) is 22.1 Å². The van der Waals surface area contributed by atoms with E-state index in [1.54, 1.807) is 0 Å². The normalized spacial score (nSPS) is 10.9. The molecule has 0 unspecified atom stereocenters. The molecule has 1 aromatic carbocycles. The van der Waals surface area contributed by atoms with Crippen LogP contribution in [-0.2, 0) is 0 Å². The maximum Gasteiger partial charge on any atom is 0.0846 e. The molecule has 0 radical (unpaired) electrons. The highest BCUT2D eigenvalue weighted by atomic mass is 79.9. The van der Waals surface area contributed by atoms with Crippen molar-refractivity contribution in [3.05, 3.63) is 39.5 Å². The van der Waals surface area contributed by atoms with Crippen LogP contribution in [0.5, 0.6) is 0 Å². The quantitative estimate of drug-likeness (QED) is 0.690. The Balaban J connectivity index is 2.95. The average molecular weight is 250 g/mol. The largest absolute Gasteiger partial charge is 0.255 e. The minimum absolute atomic E-state index is 1.05. The summed E-state index contributed by atoms with van der Waals surface area (Å²) >= 11 is 3.54. The van der Waals surface area contributed by atoms with Gasteiger partial charge in [-0.05, 0) is 65.5 Å². The van der Waals surface area contributed by atoms with Crippen molar-refractivity contribution < 1.29 is 0 Å². The topological polar surface area (TPSA) is 12.9 Å². The summed E-state index contributed by atoms with van der Waals surface area (Å²) in [4.78, 5) is 4.44. The number of rotatable bonds is 0. The molecule has 1 nitrogen and oxygen atoms in total. The van der Waals surface area contributed by atoms with Gasteiger partial charge in [0.2, 0.25) is 0 Å². The zero-order valence-corrected chi connectivity index (χ0v) is 10.1. The van der Waals surface area contributed by atoms with E-state index in [9.17, 15) is 0 Å². The number of aryl methyl sites for hydroxylation is 3. The predicted octanol–water partition coefficient (Wildman–Crippen LogP) is 3.92. The summed E-state index contributed by atoms with van der Waals surface area (Å²) in [5.41, 5.74) is 4.88. The van der Waals surface area contributed by atoms with E-state index in [-0.39, 0.29) is 0 Å². The number of halogens is 1. The van der Waals surface area contributed by atoms with Crippen molar-refractivity contribution in [2.45, 2.75) is 20.8 Å². The van der Waals surface area contributed by atoms with Crippen molar-refractivity contribution in [1.29, 1.82) is 0 Å². The van der Waals surface area contributed by atoms with Crippen molar-refractivity contribution in [1.82, 2.24) is 4.98 Å². The predicted molar refractivity (Wildman–Crippen MR) is 63.7 cm³/mol. The SMILES string of the molecule is Cc1cc(Br)c2ncc(C)c(C)c2c1. The van der Waals surface area contributed by atoms with Crippen LogP contribution in [0.3, 0.4) is 0 Å². The highest BCUT2D eigenvalue weighted by Crippen LogP contribution is 2.27. The number of fused-ring (bicyclic) bond motifs is 1. The first kappa shape index (κ1) is 9.66. The summed E-state index contributed by atoms with van der Waals surface area (Å²) in [6.45, 7) is 6.34. The van der Waals surface area contributed by atoms with Crippen LogP contribution in [0.4, 0.5) is 0 Å². The molecule has 0 amide bonds. The fraction of sp³-hybridized carbons (Fsp3) is 0.250. The lowest BCUT2D eigenvalue weighted by atomic mass is 10.0. The monoisotopic (exact) mass is 249 g/mol. The standard InChI is InChI=1S/C12H12BrN/c1-7-4-10-9(3)8(2)6-14-12(10)11(13)5-7/h4-6H,1-3H3. The zero-order valence-electron chi connectivity index (χ0n) is 8.56. The summed E-state index contributed by atoms with van der Waals surface area (Å²) in [5, 5.41) is 1.25. The fourth-order valence-corrected chi connectivity index (χ4v) is 2.30. The van der Waals surface area contributed by atoms with E-state index in [0.717, 1.165) is 9.99 Å². The second kappa shape index (κ2) is 3.35. The smallest absolute Gasteiger partial charge is 0.0846 e. The number of hydrogen-bond donors (Lipinski definition) is 0. The Morgan fingerprint density at radius 2 is 1.86 bits per heavy atom. The molecule has 2 aromatic rings. The summed E-state index contributed by atoms with van der Waals surface area (Å²) in [6, 6.07) is 4.29. The van der Waals surface area contributed by atoms with Crippen LogP contribution in [-0.4, -0.2) is 4.98 Å². The van der Waals surface area contributed by atoms with E-state index >= 15 is 0 Å². The number of hydrogen-bond acceptors (Lipinski definition) is 1. The van der Waals surface area contributed by atoms with E-state index < -0.39 is 0 Å². The lowest BCUT2D eigenvalue weighted by Gasteiger charge is -2.07. The zero-order chi connectivity index (χ0) is 10.3. The maximum atomic E-state index is 4.44. The van der Waals surface area contributed by atoms with Crippen molar-refractivity contribution in [3.63, 3.8) is 0 Å². The first-order valence-corrected chi connectivity index (χ1v) is 5.41. The molecular weight excluding hydrogens is 238 g/mol. The van der Waals surface area contributed by atoms with Crippen LogP contribution in [0.1, 0.15) is 16.7 Å². The highest BCUT2D eigenvalue weighted by Gasteiger charge is 2.05. The maximum absolute atomic E-state index is 4.44. The summed E-state index contributed by atoms with van der Waals surface area (Å²) < 4.78 is 1.08. The Labute approximate surface area is 92.3 Å². The van der Waals surface area contributed by atoms with E-state index in [2.05, 4.69) is 53.8 Å². The molecule has 0 saturated heterocycles. The minimum Gasteiger partial charge on any atom is -0.255 e. The summed E-state index contributed by atoms with van der Waals surface area (Å²) in [5.74, 6) is 0. The van der Waals surface area contributed by atoms with Crippen LogP contribution >= 0.6 is 15.9 Å². The van der Waals surface area contributed by atoms with Crippen molar-refractivity contribution in [2.75, 3.05) is 0 Å². The molecule has 0 atom stereocenters. The Morgan fingerprint density at radius 1 is 1.14 bits per heavy atom. The summed E-state index contributed by atoms with van der Waals surface area (Å²) in [6.07, 6.45) is 1.93. The van der Waals surface area contributed by atoms with Gasteiger partial charge in [0.25, 0.3) is 0 Å². The van der Waals surface area contributed by atoms with Gasteiger partial charge in [0, 0.05) is 16.1 Å². The van der Waals surface area contributed by atoms with Gasteiger partial charge in [-0.1, -0.05) is 0 Å². The van der Waals surface area contributed by atoms with Crippen LogP contribution in [0.25, 0.3) is 10.9 Å². The molecule has 0 bridgehead atoms. The Hall–Kier alpha value is -0.890. The first-order chi connectivity index (χ1) is 6.59. The number of nitrogens with zero attached hydrogens (tertiary/aromatic N) is 1. The van der Waals surface area contributed by atoms with E-state index in [0.29, 0.717) is 0 Å². The van der Waals surface area contributed by atoms with Gasteiger partial charge in [0.15, 0.2) is 0 Å². The van der Waals surface area contributed by atoms with Gasteiger partial charge in [0.1, 0.15) is 0 Å². The van der Waals surface area contributed by atoms with Crippen molar-refractivity contribution in [2.24, 2.45) is 0 Å². The summed E-state index contributed by atoms with van der Waals surface area (Å²) in [7, 11) is 0. The van der Waals surface area contributed by atoms with E-state index in [4.69, 9.17) is 0 Å². The average Bonchev–Trinajstić information content (AvgIpc) is 2.12. The third-order valence-corrected chi connectivity index (χ3v) is 3.20. The highest BCUT2D eigenvalue weighted by molar-refractivity contribution is 9.10. The molecule has 0 aliphatic heterocycles. The molecule has 1 aromatic heterocycles. The van der Waals surface area contributed by atoms with Gasteiger partial charge < -0.3 is 0 Å². The Bertz CT molecular complexity index is 503. The van der Waals surface area contributed by atoms with Gasteiger partial charge in [-0.2, -0.15) is 0 Å². The minimum atomic E-state index is 1.05. The molecule has 14 heavy (non-hydrogen) atoms. The number of aromatic nitrogens is 1. The van der Waals surface area contributed by atoms with Crippen molar-refractivity contribution in [3.8, 4) is 0 Å². The molecule has 2 rings (SSSR count). The van der Waals surface area contributed by atoms with Gasteiger partial charge >= 0.3 is 0 Å².